The summed E-state index contributed by atoms with van der Waals surface area (Å²) in [5.74, 6) is 1.47. The molecule has 2 aromatic rings. The van der Waals surface area contributed by atoms with Crippen molar-refractivity contribution in [1.82, 2.24) is 0 Å². The van der Waals surface area contributed by atoms with E-state index in [1.807, 2.05) is 18.2 Å². The zero-order valence-electron chi connectivity index (χ0n) is 9.97. The van der Waals surface area contributed by atoms with Crippen molar-refractivity contribution in [3.63, 3.8) is 0 Å². The van der Waals surface area contributed by atoms with Crippen molar-refractivity contribution in [3.05, 3.63) is 66.7 Å². The van der Waals surface area contributed by atoms with E-state index in [0.29, 0.717) is 11.5 Å². The van der Waals surface area contributed by atoms with E-state index in [9.17, 15) is 5.11 Å². The molecule has 2 heteroatoms. The van der Waals surface area contributed by atoms with E-state index in [1.165, 1.54) is 0 Å². The van der Waals surface area contributed by atoms with Gasteiger partial charge in [-0.25, -0.2) is 0 Å². The molecule has 0 spiro atoms. The Labute approximate surface area is 106 Å². The van der Waals surface area contributed by atoms with Gasteiger partial charge in [-0.3, -0.25) is 0 Å². The van der Waals surface area contributed by atoms with Gasteiger partial charge >= 0.3 is 0 Å². The first-order valence-corrected chi connectivity index (χ1v) is 5.59. The molecule has 0 aliphatic heterocycles. The summed E-state index contributed by atoms with van der Waals surface area (Å²) in [6, 6.07) is 12.3. The van der Waals surface area contributed by atoms with Crippen molar-refractivity contribution in [2.45, 2.75) is 0 Å². The highest BCUT2D eigenvalue weighted by Gasteiger charge is 2.01. The van der Waals surface area contributed by atoms with Crippen LogP contribution in [0.5, 0.6) is 17.2 Å². The average molecular weight is 238 g/mol. The lowest BCUT2D eigenvalue weighted by Crippen LogP contribution is -1.86. The van der Waals surface area contributed by atoms with Gasteiger partial charge in [0.05, 0.1) is 0 Å². The van der Waals surface area contributed by atoms with Crippen molar-refractivity contribution >= 4 is 12.2 Å². The van der Waals surface area contributed by atoms with Gasteiger partial charge in [0.15, 0.2) is 0 Å². The smallest absolute Gasteiger partial charge is 0.131 e. The zero-order chi connectivity index (χ0) is 13.0. The number of phenolic OH excluding ortho intramolecular Hbond substituents is 1. The second kappa shape index (κ2) is 5.23. The van der Waals surface area contributed by atoms with Crippen molar-refractivity contribution in [3.8, 4) is 17.2 Å². The van der Waals surface area contributed by atoms with Gasteiger partial charge in [0.1, 0.15) is 17.2 Å². The third kappa shape index (κ3) is 2.61. The Kier molecular flexibility index (Phi) is 3.49. The fourth-order valence-corrected chi connectivity index (χ4v) is 1.66. The van der Waals surface area contributed by atoms with Gasteiger partial charge in [0, 0.05) is 6.07 Å². The van der Waals surface area contributed by atoms with Crippen LogP contribution in [-0.4, -0.2) is 5.11 Å². The van der Waals surface area contributed by atoms with Crippen LogP contribution in [0.2, 0.25) is 0 Å². The van der Waals surface area contributed by atoms with Crippen molar-refractivity contribution < 1.29 is 9.84 Å². The highest BCUT2D eigenvalue weighted by Crippen LogP contribution is 2.27. The molecule has 2 rings (SSSR count). The molecule has 90 valence electrons. The molecule has 0 heterocycles. The van der Waals surface area contributed by atoms with Gasteiger partial charge in [-0.15, -0.1) is 0 Å². The summed E-state index contributed by atoms with van der Waals surface area (Å²) in [4.78, 5) is 0. The Morgan fingerprint density at radius 1 is 0.889 bits per heavy atom. The maximum atomic E-state index is 9.36. The second-order valence-corrected chi connectivity index (χ2v) is 3.80. The quantitative estimate of drug-likeness (QED) is 0.851. The molecule has 0 atom stereocenters. The standard InChI is InChI=1S/C16H14O2/c1-3-12-8-9-16(10-13(12)4-2)18-15-7-5-6-14(17)11-15/h3-11,17H,1-2H2. The molecule has 0 saturated carbocycles. The highest BCUT2D eigenvalue weighted by molar-refractivity contribution is 5.65. The van der Waals surface area contributed by atoms with E-state index in [-0.39, 0.29) is 5.75 Å². The third-order valence-corrected chi connectivity index (χ3v) is 2.55. The van der Waals surface area contributed by atoms with Crippen molar-refractivity contribution in [2.24, 2.45) is 0 Å². The van der Waals surface area contributed by atoms with Gasteiger partial charge < -0.3 is 9.84 Å². The van der Waals surface area contributed by atoms with Crippen LogP contribution in [0.25, 0.3) is 12.2 Å². The van der Waals surface area contributed by atoms with E-state index < -0.39 is 0 Å². The number of phenols is 1. The number of aromatic hydroxyl groups is 1. The van der Waals surface area contributed by atoms with E-state index >= 15 is 0 Å². The third-order valence-electron chi connectivity index (χ3n) is 2.55. The van der Waals surface area contributed by atoms with Crippen LogP contribution >= 0.6 is 0 Å². The largest absolute Gasteiger partial charge is 0.508 e. The maximum Gasteiger partial charge on any atom is 0.131 e. The number of hydrogen-bond donors (Lipinski definition) is 1. The van der Waals surface area contributed by atoms with E-state index in [2.05, 4.69) is 13.2 Å². The normalized spacial score (nSPS) is 9.78. The summed E-state index contributed by atoms with van der Waals surface area (Å²) in [5.41, 5.74) is 1.97. The van der Waals surface area contributed by atoms with Crippen LogP contribution in [0, 0.1) is 0 Å². The van der Waals surface area contributed by atoms with Gasteiger partial charge in [-0.2, -0.15) is 0 Å². The topological polar surface area (TPSA) is 29.5 Å². The van der Waals surface area contributed by atoms with Crippen LogP contribution in [0.15, 0.2) is 55.6 Å². The molecule has 18 heavy (non-hydrogen) atoms. The number of ether oxygens (including phenoxy) is 1. The Morgan fingerprint density at radius 3 is 2.28 bits per heavy atom. The molecule has 0 saturated heterocycles. The summed E-state index contributed by atoms with van der Waals surface area (Å²) >= 11 is 0. The molecule has 0 bridgehead atoms. The minimum atomic E-state index is 0.180. The average Bonchev–Trinajstić information content (AvgIpc) is 2.38. The summed E-state index contributed by atoms with van der Waals surface area (Å²) in [6.45, 7) is 7.50. The van der Waals surface area contributed by atoms with Gasteiger partial charge in [-0.05, 0) is 35.4 Å². The van der Waals surface area contributed by atoms with Crippen molar-refractivity contribution in [2.75, 3.05) is 0 Å². The molecule has 0 aromatic heterocycles. The van der Waals surface area contributed by atoms with Gasteiger partial charge in [-0.1, -0.05) is 37.4 Å². The summed E-state index contributed by atoms with van der Waals surface area (Å²) in [5, 5.41) is 9.36. The summed E-state index contributed by atoms with van der Waals surface area (Å²) in [6.07, 6.45) is 3.53. The first kappa shape index (κ1) is 12.0. The van der Waals surface area contributed by atoms with Crippen molar-refractivity contribution in [1.29, 1.82) is 0 Å². The fraction of sp³-hybridized carbons (Fsp3) is 0. The van der Waals surface area contributed by atoms with Gasteiger partial charge in [0.2, 0.25) is 0 Å². The molecular weight excluding hydrogens is 224 g/mol. The second-order valence-electron chi connectivity index (χ2n) is 3.80. The number of hydrogen-bond acceptors (Lipinski definition) is 2. The lowest BCUT2D eigenvalue weighted by molar-refractivity contribution is 0.455. The monoisotopic (exact) mass is 238 g/mol. The van der Waals surface area contributed by atoms with E-state index in [1.54, 1.807) is 36.4 Å². The van der Waals surface area contributed by atoms with Crippen LogP contribution in [0.1, 0.15) is 11.1 Å². The number of rotatable bonds is 4. The van der Waals surface area contributed by atoms with Crippen LogP contribution in [0.4, 0.5) is 0 Å². The van der Waals surface area contributed by atoms with Crippen LogP contribution in [0.3, 0.4) is 0 Å². The first-order valence-electron chi connectivity index (χ1n) is 5.59. The number of benzene rings is 2. The Hall–Kier alpha value is -2.48. The molecule has 1 N–H and O–H groups in total. The Balaban J connectivity index is 2.29. The Bertz CT molecular complexity index is 585. The van der Waals surface area contributed by atoms with Crippen LogP contribution < -0.4 is 4.74 Å². The molecular formula is C16H14O2. The van der Waals surface area contributed by atoms with E-state index in [0.717, 1.165) is 11.1 Å². The predicted molar refractivity (Wildman–Crippen MR) is 74.8 cm³/mol. The maximum absolute atomic E-state index is 9.36. The molecule has 0 amide bonds. The first-order chi connectivity index (χ1) is 8.72. The van der Waals surface area contributed by atoms with Gasteiger partial charge in [0.25, 0.3) is 0 Å². The minimum absolute atomic E-state index is 0.180. The molecule has 0 aliphatic rings. The predicted octanol–water partition coefficient (Wildman–Crippen LogP) is 4.47. The summed E-state index contributed by atoms with van der Waals surface area (Å²) < 4.78 is 5.66. The SMILES string of the molecule is C=Cc1ccc(Oc2cccc(O)c2)cc1C=C. The zero-order valence-corrected chi connectivity index (χ0v) is 9.97. The van der Waals surface area contributed by atoms with Crippen LogP contribution in [-0.2, 0) is 0 Å². The fourth-order valence-electron chi connectivity index (χ4n) is 1.66. The summed E-state index contributed by atoms with van der Waals surface area (Å²) in [7, 11) is 0. The Morgan fingerprint density at radius 2 is 1.61 bits per heavy atom. The molecule has 2 aromatic carbocycles. The lowest BCUT2D eigenvalue weighted by Gasteiger charge is -2.08. The minimum Gasteiger partial charge on any atom is -0.508 e. The molecule has 0 aliphatic carbocycles. The van der Waals surface area contributed by atoms with E-state index in [4.69, 9.17) is 4.74 Å². The highest BCUT2D eigenvalue weighted by atomic mass is 16.5. The molecule has 0 fully saturated rings. The molecule has 0 radical (unpaired) electrons. The molecule has 2 nitrogen and oxygen atoms in total. The lowest BCUT2D eigenvalue weighted by atomic mass is 10.1. The molecule has 0 unspecified atom stereocenters.